The molecule has 0 bridgehead atoms. The lowest BCUT2D eigenvalue weighted by atomic mass is 9.94. The maximum absolute atomic E-state index is 12.6. The molecule has 1 heterocycles. The van der Waals surface area contributed by atoms with Crippen LogP contribution in [0.5, 0.6) is 0 Å². The highest BCUT2D eigenvalue weighted by atomic mass is 19.4. The molecule has 1 nitrogen and oxygen atoms in total. The van der Waals surface area contributed by atoms with Crippen molar-refractivity contribution in [3.63, 3.8) is 0 Å². The Morgan fingerprint density at radius 2 is 1.88 bits per heavy atom. The van der Waals surface area contributed by atoms with Crippen LogP contribution in [0.1, 0.15) is 30.4 Å². The van der Waals surface area contributed by atoms with Crippen molar-refractivity contribution >= 4 is 5.69 Å². The van der Waals surface area contributed by atoms with Gasteiger partial charge in [-0.3, -0.25) is 0 Å². The number of rotatable bonds is 1. The molecule has 0 amide bonds. The van der Waals surface area contributed by atoms with E-state index >= 15 is 0 Å². The first kappa shape index (κ1) is 10.9. The van der Waals surface area contributed by atoms with Crippen molar-refractivity contribution in [2.45, 2.75) is 37.9 Å². The highest BCUT2D eigenvalue weighted by Gasteiger charge is 2.35. The zero-order valence-electron chi connectivity index (χ0n) is 9.35. The van der Waals surface area contributed by atoms with Crippen LogP contribution in [0.2, 0.25) is 0 Å². The summed E-state index contributed by atoms with van der Waals surface area (Å²) < 4.78 is 37.7. The van der Waals surface area contributed by atoms with Crippen LogP contribution in [0.4, 0.5) is 18.9 Å². The summed E-state index contributed by atoms with van der Waals surface area (Å²) in [6.45, 7) is 0. The summed E-state index contributed by atoms with van der Waals surface area (Å²) in [5.41, 5.74) is 1.15. The summed E-state index contributed by atoms with van der Waals surface area (Å²) in [5, 5.41) is 3.37. The molecular weight excluding hydrogens is 227 g/mol. The van der Waals surface area contributed by atoms with E-state index in [-0.39, 0.29) is 0 Å². The maximum Gasteiger partial charge on any atom is 0.416 e. The average molecular weight is 241 g/mol. The normalized spacial score (nSPS) is 24.1. The Labute approximate surface area is 98.0 Å². The van der Waals surface area contributed by atoms with Crippen LogP contribution in [0, 0.1) is 5.92 Å². The van der Waals surface area contributed by atoms with Gasteiger partial charge in [0.2, 0.25) is 0 Å². The van der Waals surface area contributed by atoms with E-state index in [1.807, 2.05) is 0 Å². The van der Waals surface area contributed by atoms with Crippen molar-refractivity contribution in [1.29, 1.82) is 0 Å². The van der Waals surface area contributed by atoms with Gasteiger partial charge >= 0.3 is 6.18 Å². The third kappa shape index (κ3) is 2.13. The van der Waals surface area contributed by atoms with E-state index in [1.165, 1.54) is 25.0 Å². The van der Waals surface area contributed by atoms with Gasteiger partial charge in [-0.05, 0) is 55.4 Å². The number of fused-ring (bicyclic) bond motifs is 1. The van der Waals surface area contributed by atoms with E-state index < -0.39 is 11.7 Å². The van der Waals surface area contributed by atoms with E-state index in [9.17, 15) is 13.2 Å². The van der Waals surface area contributed by atoms with Gasteiger partial charge in [0.05, 0.1) is 5.56 Å². The van der Waals surface area contributed by atoms with Crippen molar-refractivity contribution in [3.05, 3.63) is 29.3 Å². The minimum Gasteiger partial charge on any atom is -0.382 e. The lowest BCUT2D eigenvalue weighted by Crippen LogP contribution is -2.27. The summed E-state index contributed by atoms with van der Waals surface area (Å²) in [5.74, 6) is 0.741. The number of anilines is 1. The van der Waals surface area contributed by atoms with E-state index in [0.717, 1.165) is 30.0 Å². The third-order valence-corrected chi connectivity index (χ3v) is 3.69. The van der Waals surface area contributed by atoms with Crippen LogP contribution >= 0.6 is 0 Å². The molecule has 0 aromatic heterocycles. The number of benzene rings is 1. The Kier molecular flexibility index (Phi) is 2.35. The van der Waals surface area contributed by atoms with Crippen LogP contribution in [-0.4, -0.2) is 6.04 Å². The SMILES string of the molecule is FC(F)(F)c1ccc2c(c1)CC[C@@H](C1CC1)N2. The van der Waals surface area contributed by atoms with Crippen LogP contribution in [-0.2, 0) is 12.6 Å². The van der Waals surface area contributed by atoms with E-state index in [2.05, 4.69) is 5.32 Å². The summed E-state index contributed by atoms with van der Waals surface area (Å²) in [6, 6.07) is 4.50. The summed E-state index contributed by atoms with van der Waals surface area (Å²) >= 11 is 0. The Morgan fingerprint density at radius 1 is 1.12 bits per heavy atom. The zero-order valence-corrected chi connectivity index (χ0v) is 9.35. The molecule has 1 atom stereocenters. The molecule has 0 radical (unpaired) electrons. The second-order valence-corrected chi connectivity index (χ2v) is 5.00. The number of alkyl halides is 3. The first-order chi connectivity index (χ1) is 8.04. The van der Waals surface area contributed by atoms with Crippen molar-refractivity contribution < 1.29 is 13.2 Å². The molecule has 4 heteroatoms. The van der Waals surface area contributed by atoms with Crippen molar-refractivity contribution in [2.75, 3.05) is 5.32 Å². The zero-order chi connectivity index (χ0) is 12.0. The fourth-order valence-corrected chi connectivity index (χ4v) is 2.55. The first-order valence-electron chi connectivity index (χ1n) is 6.01. The van der Waals surface area contributed by atoms with Gasteiger partial charge in [-0.25, -0.2) is 0 Å². The van der Waals surface area contributed by atoms with Gasteiger partial charge in [0.15, 0.2) is 0 Å². The minimum absolute atomic E-state index is 0.472. The molecule has 1 aliphatic heterocycles. The van der Waals surface area contributed by atoms with Gasteiger partial charge in [-0.15, -0.1) is 0 Å². The molecule has 1 fully saturated rings. The number of halogens is 3. The predicted octanol–water partition coefficient (Wildman–Crippen LogP) is 3.84. The van der Waals surface area contributed by atoms with Gasteiger partial charge in [-0.1, -0.05) is 0 Å². The molecule has 1 aliphatic carbocycles. The maximum atomic E-state index is 12.6. The number of hydrogen-bond acceptors (Lipinski definition) is 1. The van der Waals surface area contributed by atoms with Crippen molar-refractivity contribution in [3.8, 4) is 0 Å². The quantitative estimate of drug-likeness (QED) is 0.787. The second-order valence-electron chi connectivity index (χ2n) is 5.00. The molecule has 1 aromatic carbocycles. The summed E-state index contributed by atoms with van der Waals surface area (Å²) in [6.07, 6.45) is -0.00393. The van der Waals surface area contributed by atoms with Crippen LogP contribution in [0.3, 0.4) is 0 Å². The predicted molar refractivity (Wildman–Crippen MR) is 59.9 cm³/mol. The molecule has 0 unspecified atom stereocenters. The van der Waals surface area contributed by atoms with E-state index in [4.69, 9.17) is 0 Å². The second kappa shape index (κ2) is 3.65. The average Bonchev–Trinajstić information content (AvgIpc) is 3.10. The fourth-order valence-electron chi connectivity index (χ4n) is 2.55. The fraction of sp³-hybridized carbons (Fsp3) is 0.538. The monoisotopic (exact) mass is 241 g/mol. The van der Waals surface area contributed by atoms with Gasteiger partial charge in [0.25, 0.3) is 0 Å². The molecule has 1 N–H and O–H groups in total. The highest BCUT2D eigenvalue weighted by Crippen LogP contribution is 2.40. The van der Waals surface area contributed by atoms with Crippen molar-refractivity contribution in [2.24, 2.45) is 5.92 Å². The Balaban J connectivity index is 1.85. The number of aryl methyl sites for hydroxylation is 1. The molecule has 1 aromatic rings. The molecule has 92 valence electrons. The van der Waals surface area contributed by atoms with E-state index in [1.54, 1.807) is 6.07 Å². The largest absolute Gasteiger partial charge is 0.416 e. The van der Waals surface area contributed by atoms with Gasteiger partial charge in [-0.2, -0.15) is 13.2 Å². The van der Waals surface area contributed by atoms with Crippen LogP contribution in [0.25, 0.3) is 0 Å². The van der Waals surface area contributed by atoms with Gasteiger partial charge < -0.3 is 5.32 Å². The van der Waals surface area contributed by atoms with Gasteiger partial charge in [0.1, 0.15) is 0 Å². The Morgan fingerprint density at radius 3 is 2.53 bits per heavy atom. The summed E-state index contributed by atoms with van der Waals surface area (Å²) in [7, 11) is 0. The molecule has 3 rings (SSSR count). The molecule has 17 heavy (non-hydrogen) atoms. The van der Waals surface area contributed by atoms with Crippen LogP contribution in [0.15, 0.2) is 18.2 Å². The van der Waals surface area contributed by atoms with E-state index in [0.29, 0.717) is 6.04 Å². The van der Waals surface area contributed by atoms with Crippen molar-refractivity contribution in [1.82, 2.24) is 0 Å². The topological polar surface area (TPSA) is 12.0 Å². The summed E-state index contributed by atoms with van der Waals surface area (Å²) in [4.78, 5) is 0. The number of hydrogen-bond donors (Lipinski definition) is 1. The molecule has 0 spiro atoms. The Bertz CT molecular complexity index is 435. The third-order valence-electron chi connectivity index (χ3n) is 3.69. The highest BCUT2D eigenvalue weighted by molar-refractivity contribution is 5.56. The smallest absolute Gasteiger partial charge is 0.382 e. The Hall–Kier alpha value is -1.19. The van der Waals surface area contributed by atoms with Crippen LogP contribution < -0.4 is 5.32 Å². The molecule has 0 saturated heterocycles. The molecule has 1 saturated carbocycles. The molecular formula is C13H14F3N. The van der Waals surface area contributed by atoms with Gasteiger partial charge in [0, 0.05) is 11.7 Å². The standard InChI is InChI=1S/C13H14F3N/c14-13(15,16)10-4-6-12-9(7-10)3-5-11(17-12)8-1-2-8/h4,6-8,11,17H,1-3,5H2/t11-/m0/s1. The minimum atomic E-state index is -4.23. The lowest BCUT2D eigenvalue weighted by molar-refractivity contribution is -0.137. The number of nitrogens with one attached hydrogen (secondary N) is 1. The first-order valence-corrected chi connectivity index (χ1v) is 6.01. The lowest BCUT2D eigenvalue weighted by Gasteiger charge is -2.27. The molecule has 2 aliphatic rings.